The van der Waals surface area contributed by atoms with E-state index in [1.807, 2.05) is 13.1 Å². The van der Waals surface area contributed by atoms with Crippen LogP contribution in [0.3, 0.4) is 0 Å². The quantitative estimate of drug-likeness (QED) is 0.750. The third-order valence-electron chi connectivity index (χ3n) is 3.73. The van der Waals surface area contributed by atoms with Crippen molar-refractivity contribution in [3.05, 3.63) is 53.2 Å². The van der Waals surface area contributed by atoms with Crippen molar-refractivity contribution in [2.24, 2.45) is 7.05 Å². The maximum absolute atomic E-state index is 12.2. The zero-order valence-corrected chi connectivity index (χ0v) is 13.9. The first-order chi connectivity index (χ1) is 11.0. The number of aryl methyl sites for hydroxylation is 1. The average Bonchev–Trinajstić information content (AvgIpc) is 3.10. The lowest BCUT2D eigenvalue weighted by Crippen LogP contribution is -2.25. The highest BCUT2D eigenvalue weighted by atomic mass is 32.1. The van der Waals surface area contributed by atoms with Gasteiger partial charge in [0, 0.05) is 37.4 Å². The highest BCUT2D eigenvalue weighted by Gasteiger charge is 2.11. The van der Waals surface area contributed by atoms with Crippen molar-refractivity contribution in [2.75, 3.05) is 12.8 Å². The molecule has 0 unspecified atom stereocenters. The molecule has 0 radical (unpaired) electrons. The summed E-state index contributed by atoms with van der Waals surface area (Å²) in [6, 6.07) is 7.77. The molecule has 23 heavy (non-hydrogen) atoms. The number of thiophene rings is 1. The molecule has 0 aliphatic rings. The molecule has 0 aliphatic carbocycles. The van der Waals surface area contributed by atoms with Gasteiger partial charge in [-0.2, -0.15) is 0 Å². The summed E-state index contributed by atoms with van der Waals surface area (Å²) in [6.07, 6.45) is 4.94. The van der Waals surface area contributed by atoms with Crippen molar-refractivity contribution in [2.45, 2.75) is 6.54 Å². The van der Waals surface area contributed by atoms with Crippen LogP contribution in [0.15, 0.2) is 41.9 Å². The van der Waals surface area contributed by atoms with Gasteiger partial charge in [0.1, 0.15) is 10.6 Å². The first kappa shape index (κ1) is 15.3. The van der Waals surface area contributed by atoms with Gasteiger partial charge in [0.25, 0.3) is 0 Å². The number of anilines is 1. The Balaban J connectivity index is 1.68. The molecule has 5 nitrogen and oxygen atoms in total. The summed E-state index contributed by atoms with van der Waals surface area (Å²) in [5.41, 5.74) is 7.51. The van der Waals surface area contributed by atoms with Crippen LogP contribution in [0.25, 0.3) is 16.3 Å². The molecule has 3 aromatic heterocycles. The van der Waals surface area contributed by atoms with Crippen LogP contribution < -0.4 is 5.73 Å². The molecule has 0 fully saturated rings. The van der Waals surface area contributed by atoms with E-state index in [4.69, 9.17) is 5.73 Å². The SMILES string of the molecule is CN(Cc1cc2ccsc2n1C)C(=O)/C=C/c1ccc(N)nc1. The number of pyridine rings is 1. The molecule has 6 heteroatoms. The summed E-state index contributed by atoms with van der Waals surface area (Å²) < 4.78 is 2.14. The molecule has 0 saturated carbocycles. The van der Waals surface area contributed by atoms with Crippen molar-refractivity contribution in [3.63, 3.8) is 0 Å². The van der Waals surface area contributed by atoms with Crippen molar-refractivity contribution in [1.29, 1.82) is 0 Å². The molecule has 0 aliphatic heterocycles. The molecule has 0 spiro atoms. The Morgan fingerprint density at radius 2 is 2.26 bits per heavy atom. The Morgan fingerprint density at radius 1 is 1.43 bits per heavy atom. The third-order valence-corrected chi connectivity index (χ3v) is 4.74. The molecule has 0 saturated heterocycles. The van der Waals surface area contributed by atoms with Gasteiger partial charge in [-0.15, -0.1) is 11.3 Å². The smallest absolute Gasteiger partial charge is 0.246 e. The van der Waals surface area contributed by atoms with Crippen LogP contribution in [0, 0.1) is 0 Å². The zero-order valence-electron chi connectivity index (χ0n) is 13.1. The first-order valence-electron chi connectivity index (χ1n) is 7.21. The van der Waals surface area contributed by atoms with Crippen LogP contribution in [0.2, 0.25) is 0 Å². The van der Waals surface area contributed by atoms with Gasteiger partial charge in [0.05, 0.1) is 6.54 Å². The average molecular weight is 326 g/mol. The molecular weight excluding hydrogens is 308 g/mol. The number of carbonyl (C=O) groups is 1. The Kier molecular flexibility index (Phi) is 4.16. The van der Waals surface area contributed by atoms with E-state index in [9.17, 15) is 4.79 Å². The number of rotatable bonds is 4. The van der Waals surface area contributed by atoms with Gasteiger partial charge in [0.2, 0.25) is 5.91 Å². The molecule has 3 aromatic rings. The van der Waals surface area contributed by atoms with Gasteiger partial charge >= 0.3 is 0 Å². The van der Waals surface area contributed by atoms with Gasteiger partial charge in [-0.25, -0.2) is 4.98 Å². The number of amides is 1. The summed E-state index contributed by atoms with van der Waals surface area (Å²) in [5, 5.41) is 3.30. The molecule has 118 valence electrons. The summed E-state index contributed by atoms with van der Waals surface area (Å²) in [6.45, 7) is 0.570. The van der Waals surface area contributed by atoms with Crippen LogP contribution >= 0.6 is 11.3 Å². The van der Waals surface area contributed by atoms with Gasteiger partial charge in [-0.1, -0.05) is 0 Å². The summed E-state index contributed by atoms with van der Waals surface area (Å²) >= 11 is 1.71. The van der Waals surface area contributed by atoms with Gasteiger partial charge in [-0.05, 0) is 41.3 Å². The first-order valence-corrected chi connectivity index (χ1v) is 8.09. The number of fused-ring (bicyclic) bond motifs is 1. The largest absolute Gasteiger partial charge is 0.384 e. The maximum atomic E-state index is 12.2. The van der Waals surface area contributed by atoms with Gasteiger partial charge < -0.3 is 15.2 Å². The number of aromatic nitrogens is 2. The Bertz CT molecular complexity index is 860. The van der Waals surface area contributed by atoms with E-state index < -0.39 is 0 Å². The van der Waals surface area contributed by atoms with Crippen LogP contribution in [0.1, 0.15) is 11.3 Å². The highest BCUT2D eigenvalue weighted by molar-refractivity contribution is 7.16. The van der Waals surface area contributed by atoms with E-state index >= 15 is 0 Å². The molecule has 3 heterocycles. The van der Waals surface area contributed by atoms with Crippen molar-refractivity contribution >= 4 is 39.4 Å². The zero-order chi connectivity index (χ0) is 16.4. The van der Waals surface area contributed by atoms with Crippen LogP contribution in [0.5, 0.6) is 0 Å². The second-order valence-electron chi connectivity index (χ2n) is 5.42. The lowest BCUT2D eigenvalue weighted by molar-refractivity contribution is -0.125. The number of carbonyl (C=O) groups excluding carboxylic acids is 1. The lowest BCUT2D eigenvalue weighted by Gasteiger charge is -2.15. The number of hydrogen-bond acceptors (Lipinski definition) is 4. The van der Waals surface area contributed by atoms with E-state index in [2.05, 4.69) is 27.1 Å². The molecule has 1 amide bonds. The topological polar surface area (TPSA) is 64.2 Å². The predicted octanol–water partition coefficient (Wildman–Crippen LogP) is 2.89. The number of nitrogens with two attached hydrogens (primary N) is 1. The Morgan fingerprint density at radius 3 is 2.96 bits per heavy atom. The van der Waals surface area contributed by atoms with Gasteiger partial charge in [0.15, 0.2) is 0 Å². The van der Waals surface area contributed by atoms with Crippen LogP contribution in [0.4, 0.5) is 5.82 Å². The lowest BCUT2D eigenvalue weighted by atomic mass is 10.2. The van der Waals surface area contributed by atoms with Crippen LogP contribution in [-0.4, -0.2) is 27.4 Å². The molecule has 0 bridgehead atoms. The minimum absolute atomic E-state index is 0.0496. The van der Waals surface area contributed by atoms with E-state index in [1.165, 1.54) is 10.2 Å². The normalized spacial score (nSPS) is 11.4. The summed E-state index contributed by atoms with van der Waals surface area (Å²) in [7, 11) is 3.83. The Hall–Kier alpha value is -2.60. The fraction of sp³-hybridized carbons (Fsp3) is 0.176. The van der Waals surface area contributed by atoms with Crippen molar-refractivity contribution in [3.8, 4) is 0 Å². The van der Waals surface area contributed by atoms with Crippen molar-refractivity contribution < 1.29 is 4.79 Å². The molecular formula is C17H18N4OS. The standard InChI is InChI=1S/C17H18N4OS/c1-20(11-14-9-13-7-8-23-17(13)21(14)2)16(22)6-4-12-3-5-15(18)19-10-12/h3-10H,11H2,1-2H3,(H2,18,19)/b6-4+. The van der Waals surface area contributed by atoms with E-state index in [0.717, 1.165) is 11.3 Å². The fourth-order valence-corrected chi connectivity index (χ4v) is 3.27. The second-order valence-corrected chi connectivity index (χ2v) is 6.31. The summed E-state index contributed by atoms with van der Waals surface area (Å²) in [5.74, 6) is 0.417. The van der Waals surface area contributed by atoms with Crippen LogP contribution in [-0.2, 0) is 18.4 Å². The number of nitrogen functional groups attached to an aromatic ring is 1. The predicted molar refractivity (Wildman–Crippen MR) is 95.0 cm³/mol. The van der Waals surface area contributed by atoms with Gasteiger partial charge in [-0.3, -0.25) is 4.79 Å². The monoisotopic (exact) mass is 326 g/mol. The third kappa shape index (κ3) is 3.27. The molecule has 0 aromatic carbocycles. The highest BCUT2D eigenvalue weighted by Crippen LogP contribution is 2.24. The van der Waals surface area contributed by atoms with E-state index in [-0.39, 0.29) is 5.91 Å². The van der Waals surface area contributed by atoms with E-state index in [1.54, 1.807) is 47.7 Å². The number of hydrogen-bond donors (Lipinski definition) is 1. The van der Waals surface area contributed by atoms with E-state index in [0.29, 0.717) is 12.4 Å². The molecule has 2 N–H and O–H groups in total. The minimum Gasteiger partial charge on any atom is -0.384 e. The molecule has 0 atom stereocenters. The Labute approximate surface area is 138 Å². The number of likely N-dealkylation sites (N-methyl/N-ethyl adjacent to an activating group) is 1. The number of nitrogens with zero attached hydrogens (tertiary/aromatic N) is 3. The fourth-order valence-electron chi connectivity index (χ4n) is 2.38. The molecule has 3 rings (SSSR count). The minimum atomic E-state index is -0.0496. The second kappa shape index (κ2) is 6.26. The maximum Gasteiger partial charge on any atom is 0.246 e. The van der Waals surface area contributed by atoms with Crippen molar-refractivity contribution in [1.82, 2.24) is 14.5 Å². The summed E-state index contributed by atoms with van der Waals surface area (Å²) in [4.78, 5) is 19.2.